The molecule has 1 amide bonds. The predicted octanol–water partition coefficient (Wildman–Crippen LogP) is 7.66. The van der Waals surface area contributed by atoms with Crippen LogP contribution in [0.4, 0.5) is 0 Å². The number of nitrogens with zero attached hydrogens (tertiary/aromatic N) is 1. The van der Waals surface area contributed by atoms with E-state index in [-0.39, 0.29) is 40.9 Å². The molecule has 0 aromatic heterocycles. The minimum atomic E-state index is -2.08. The Morgan fingerprint density at radius 1 is 0.976 bits per heavy atom. The molecule has 0 spiro atoms. The van der Waals surface area contributed by atoms with Crippen LogP contribution >= 0.6 is 23.5 Å². The zero-order valence-corrected chi connectivity index (χ0v) is 27.9. The number of benzene rings is 2. The molecule has 0 radical (unpaired) electrons. The molecule has 0 bridgehead atoms. The maximum atomic E-state index is 14.3. The molecule has 0 saturated carbocycles. The summed E-state index contributed by atoms with van der Waals surface area (Å²) in [5, 5.41) is 0.0494. The topological polar surface area (TPSA) is 55.8 Å². The molecule has 1 unspecified atom stereocenters. The summed E-state index contributed by atoms with van der Waals surface area (Å²) in [6.45, 7) is 15.4. The van der Waals surface area contributed by atoms with Crippen LogP contribution in [0.2, 0.25) is 18.1 Å². The Labute approximate surface area is 255 Å². The Kier molecular flexibility index (Phi) is 8.87. The van der Waals surface area contributed by atoms with E-state index in [0.29, 0.717) is 0 Å². The number of rotatable bonds is 7. The van der Waals surface area contributed by atoms with E-state index in [9.17, 15) is 9.59 Å². The van der Waals surface area contributed by atoms with Crippen LogP contribution in [0.1, 0.15) is 58.3 Å². The molecule has 3 saturated heterocycles. The van der Waals surface area contributed by atoms with Gasteiger partial charge in [0.1, 0.15) is 0 Å². The van der Waals surface area contributed by atoms with Gasteiger partial charge in [-0.2, -0.15) is 0 Å². The third-order valence-electron chi connectivity index (χ3n) is 9.25. The fourth-order valence-electron chi connectivity index (χ4n) is 6.08. The van der Waals surface area contributed by atoms with E-state index in [4.69, 9.17) is 9.16 Å². The highest BCUT2D eigenvalue weighted by molar-refractivity contribution is 8.22. The van der Waals surface area contributed by atoms with E-state index >= 15 is 0 Å². The summed E-state index contributed by atoms with van der Waals surface area (Å²) in [4.78, 5) is 30.1. The minimum Gasteiger partial charge on any atom is -0.451 e. The third-order valence-corrected chi connectivity index (χ3v) is 16.5. The molecule has 41 heavy (non-hydrogen) atoms. The van der Waals surface area contributed by atoms with Crippen molar-refractivity contribution in [2.75, 3.05) is 11.5 Å². The van der Waals surface area contributed by atoms with Gasteiger partial charge in [0.15, 0.2) is 20.5 Å². The first-order valence-corrected chi connectivity index (χ1v) is 19.6. The van der Waals surface area contributed by atoms with Gasteiger partial charge in [-0.25, -0.2) is 4.79 Å². The highest BCUT2D eigenvalue weighted by atomic mass is 32.2. The van der Waals surface area contributed by atoms with Gasteiger partial charge in [0.2, 0.25) is 5.91 Å². The number of carbonyl (C=O) groups is 2. The lowest BCUT2D eigenvalue weighted by Gasteiger charge is -2.50. The first kappa shape index (κ1) is 30.5. The fraction of sp³-hybridized carbons (Fsp3) is 0.515. The van der Waals surface area contributed by atoms with Crippen LogP contribution in [0, 0.1) is 11.8 Å². The second kappa shape index (κ2) is 11.9. The quantitative estimate of drug-likeness (QED) is 0.183. The van der Waals surface area contributed by atoms with Crippen LogP contribution in [-0.2, 0) is 18.8 Å². The van der Waals surface area contributed by atoms with E-state index in [2.05, 4.69) is 47.7 Å². The Morgan fingerprint density at radius 3 is 2.02 bits per heavy atom. The van der Waals surface area contributed by atoms with Crippen molar-refractivity contribution in [3.8, 4) is 0 Å². The average Bonchev–Trinajstić information content (AvgIpc) is 3.20. The summed E-state index contributed by atoms with van der Waals surface area (Å²) in [6, 6.07) is 18.9. The number of hydrogen-bond acceptors (Lipinski definition) is 6. The monoisotopic (exact) mass is 609 g/mol. The van der Waals surface area contributed by atoms with Crippen LogP contribution in [0.15, 0.2) is 70.5 Å². The molecule has 0 aliphatic carbocycles. The number of ether oxygens (including phenoxy) is 1. The van der Waals surface area contributed by atoms with Crippen molar-refractivity contribution in [1.82, 2.24) is 4.90 Å². The summed E-state index contributed by atoms with van der Waals surface area (Å²) < 4.78 is 14.3. The summed E-state index contributed by atoms with van der Waals surface area (Å²) in [6.07, 6.45) is 0.387. The number of amides is 1. The highest BCUT2D eigenvalue weighted by Crippen LogP contribution is 2.54. The lowest BCUT2D eigenvalue weighted by Crippen LogP contribution is -2.67. The number of carbonyl (C=O) groups excluding carboxylic acids is 2. The summed E-state index contributed by atoms with van der Waals surface area (Å²) in [5.74, 6) is 1.52. The van der Waals surface area contributed by atoms with Gasteiger partial charge in [0.05, 0.1) is 18.1 Å². The largest absolute Gasteiger partial charge is 0.451 e. The first-order chi connectivity index (χ1) is 19.4. The van der Waals surface area contributed by atoms with E-state index in [1.54, 1.807) is 0 Å². The molecule has 2 aromatic carbocycles. The van der Waals surface area contributed by atoms with Crippen molar-refractivity contribution in [2.24, 2.45) is 11.8 Å². The van der Waals surface area contributed by atoms with E-state index in [1.165, 1.54) is 4.24 Å². The average molecular weight is 610 g/mol. The molecule has 5 rings (SSSR count). The Morgan fingerprint density at radius 2 is 1.51 bits per heavy atom. The van der Waals surface area contributed by atoms with E-state index < -0.39 is 20.5 Å². The smallest absolute Gasteiger partial charge is 0.334 e. The van der Waals surface area contributed by atoms with Crippen LogP contribution < -0.4 is 0 Å². The third kappa shape index (κ3) is 5.82. The fourth-order valence-corrected chi connectivity index (χ4v) is 10.4. The molecule has 3 fully saturated rings. The van der Waals surface area contributed by atoms with Crippen LogP contribution in [0.5, 0.6) is 0 Å². The van der Waals surface area contributed by atoms with Gasteiger partial charge in [-0.1, -0.05) is 88.4 Å². The number of hydrogen-bond donors (Lipinski definition) is 0. The predicted molar refractivity (Wildman–Crippen MR) is 172 cm³/mol. The minimum absolute atomic E-state index is 0.00684. The van der Waals surface area contributed by atoms with Gasteiger partial charge in [-0.3, -0.25) is 4.79 Å². The first-order valence-electron chi connectivity index (χ1n) is 14.7. The molecular formula is C33H43NO4S2Si. The number of esters is 1. The number of thioether (sulfide) groups is 2. The molecule has 5 nitrogen and oxygen atoms in total. The van der Waals surface area contributed by atoms with E-state index in [0.717, 1.165) is 34.6 Å². The SMILES string of the molecule is C[C@@H](O[Si](C)(C)C(C)(C)C)[C@H]1C(=O)N2C(C(=O)OC(c3ccccc3)c3ccccc3)C(=C3SCCCS3)[C@H](C)[C@H]12. The molecule has 3 aliphatic heterocycles. The molecule has 2 aromatic rings. The Hall–Kier alpha value is -2.00. The zero-order valence-electron chi connectivity index (χ0n) is 25.3. The molecule has 3 heterocycles. The Balaban J connectivity index is 1.48. The standard InChI is InChI=1S/C33H43NO4S2Si/c1-21-25(32-39-19-14-20-40-32)28(34-27(21)26(30(34)35)22(2)38-41(6,7)33(3,4)5)31(36)37-29(23-15-10-8-11-16-23)24-17-12-9-13-18-24/h8-13,15-18,21-22,26-29H,14,19-20H2,1-7H3/t21-,22+,26+,27+,28?/m0/s1. The van der Waals surface area contributed by atoms with Crippen LogP contribution in [0.3, 0.4) is 0 Å². The van der Waals surface area contributed by atoms with Crippen molar-refractivity contribution in [3.05, 3.63) is 81.6 Å². The molecule has 8 heteroatoms. The molecular weight excluding hydrogens is 567 g/mol. The maximum absolute atomic E-state index is 14.3. The lowest BCUT2D eigenvalue weighted by molar-refractivity contribution is -0.173. The number of fused-ring (bicyclic) bond motifs is 1. The Bertz CT molecular complexity index is 1250. The molecule has 5 atom stereocenters. The van der Waals surface area contributed by atoms with Gasteiger partial charge in [-0.05, 0) is 59.7 Å². The number of β-lactam (4-membered cyclic amide) rings is 1. The maximum Gasteiger partial charge on any atom is 0.334 e. The summed E-state index contributed by atoms with van der Waals surface area (Å²) in [5.41, 5.74) is 2.88. The lowest BCUT2D eigenvalue weighted by atomic mass is 9.79. The van der Waals surface area contributed by atoms with Crippen molar-refractivity contribution in [2.45, 2.75) is 83.5 Å². The van der Waals surface area contributed by atoms with Gasteiger partial charge >= 0.3 is 5.97 Å². The molecule has 3 aliphatic rings. The van der Waals surface area contributed by atoms with Crippen molar-refractivity contribution in [1.29, 1.82) is 0 Å². The molecule has 0 N–H and O–H groups in total. The summed E-state index contributed by atoms with van der Waals surface area (Å²) in [7, 11) is -2.08. The van der Waals surface area contributed by atoms with Crippen molar-refractivity contribution >= 4 is 43.7 Å². The van der Waals surface area contributed by atoms with Gasteiger partial charge in [0, 0.05) is 10.2 Å². The second-order valence-electron chi connectivity index (χ2n) is 13.0. The van der Waals surface area contributed by atoms with Gasteiger partial charge in [-0.15, -0.1) is 23.5 Å². The highest BCUT2D eigenvalue weighted by Gasteiger charge is 2.64. The molecule has 220 valence electrons. The van der Waals surface area contributed by atoms with Crippen molar-refractivity contribution in [3.63, 3.8) is 0 Å². The van der Waals surface area contributed by atoms with Crippen molar-refractivity contribution < 1.29 is 18.8 Å². The summed E-state index contributed by atoms with van der Waals surface area (Å²) >= 11 is 3.65. The zero-order chi connectivity index (χ0) is 29.5. The van der Waals surface area contributed by atoms with Crippen LogP contribution in [-0.4, -0.2) is 54.8 Å². The normalized spacial score (nSPS) is 25.7. The van der Waals surface area contributed by atoms with Gasteiger partial charge in [0.25, 0.3) is 0 Å². The van der Waals surface area contributed by atoms with Gasteiger partial charge < -0.3 is 14.1 Å². The van der Waals surface area contributed by atoms with E-state index in [1.807, 2.05) is 89.1 Å². The van der Waals surface area contributed by atoms with Crippen LogP contribution in [0.25, 0.3) is 0 Å². The second-order valence-corrected chi connectivity index (χ2v) is 20.2.